The van der Waals surface area contributed by atoms with Crippen LogP contribution in [-0.2, 0) is 6.54 Å². The van der Waals surface area contributed by atoms with Crippen LogP contribution in [0.25, 0.3) is 0 Å². The lowest BCUT2D eigenvalue weighted by atomic mass is 10.2. The molecule has 0 spiro atoms. The number of nitrogens with one attached hydrogen (secondary N) is 2. The minimum atomic E-state index is 0. The quantitative estimate of drug-likeness (QED) is 0.302. The highest BCUT2D eigenvalue weighted by Crippen LogP contribution is 2.17. The monoisotopic (exact) mass is 430 g/mol. The zero-order valence-electron chi connectivity index (χ0n) is 14.4. The Kier molecular flexibility index (Phi) is 10.3. The molecule has 5 heteroatoms. The SMILES string of the molecule is CN=C(NCCCN(C)Cc1ccccc1)NC1CCCC1.I. The summed E-state index contributed by atoms with van der Waals surface area (Å²) < 4.78 is 0. The average Bonchev–Trinajstić information content (AvgIpc) is 3.04. The molecular weight excluding hydrogens is 399 g/mol. The first-order valence-corrected chi connectivity index (χ1v) is 8.47. The lowest BCUT2D eigenvalue weighted by Crippen LogP contribution is -2.43. The molecule has 1 aromatic rings. The zero-order valence-corrected chi connectivity index (χ0v) is 16.8. The van der Waals surface area contributed by atoms with Crippen LogP contribution in [0.4, 0.5) is 0 Å². The first kappa shape index (κ1) is 20.2. The van der Waals surface area contributed by atoms with Crippen LogP contribution in [0.15, 0.2) is 35.3 Å². The summed E-state index contributed by atoms with van der Waals surface area (Å²) >= 11 is 0. The van der Waals surface area contributed by atoms with Gasteiger partial charge in [0, 0.05) is 26.2 Å². The normalized spacial score (nSPS) is 15.5. The lowest BCUT2D eigenvalue weighted by Gasteiger charge is -2.19. The Morgan fingerprint density at radius 1 is 1.22 bits per heavy atom. The second kappa shape index (κ2) is 11.7. The van der Waals surface area contributed by atoms with E-state index < -0.39 is 0 Å². The van der Waals surface area contributed by atoms with Crippen molar-refractivity contribution in [3.8, 4) is 0 Å². The summed E-state index contributed by atoms with van der Waals surface area (Å²) in [4.78, 5) is 6.68. The summed E-state index contributed by atoms with van der Waals surface area (Å²) in [7, 11) is 4.03. The van der Waals surface area contributed by atoms with Crippen LogP contribution in [0.1, 0.15) is 37.7 Å². The van der Waals surface area contributed by atoms with Gasteiger partial charge in [-0.05, 0) is 38.4 Å². The molecule has 0 saturated heterocycles. The van der Waals surface area contributed by atoms with Gasteiger partial charge in [-0.1, -0.05) is 43.2 Å². The molecule has 0 unspecified atom stereocenters. The Morgan fingerprint density at radius 3 is 2.57 bits per heavy atom. The Bertz CT molecular complexity index is 444. The number of hydrogen-bond donors (Lipinski definition) is 2. The molecule has 0 heterocycles. The number of hydrogen-bond acceptors (Lipinski definition) is 2. The van der Waals surface area contributed by atoms with Gasteiger partial charge in [-0.2, -0.15) is 0 Å². The van der Waals surface area contributed by atoms with Crippen molar-refractivity contribution >= 4 is 29.9 Å². The Balaban J connectivity index is 0.00000264. The van der Waals surface area contributed by atoms with Crippen LogP contribution in [0.2, 0.25) is 0 Å². The molecule has 0 aliphatic heterocycles. The molecule has 1 aromatic carbocycles. The second-order valence-corrected chi connectivity index (χ2v) is 6.20. The minimum absolute atomic E-state index is 0. The molecular formula is C18H31IN4. The predicted molar refractivity (Wildman–Crippen MR) is 110 cm³/mol. The standard InChI is InChI=1S/C18H30N4.HI/c1-19-18(21-17-11-6-7-12-17)20-13-8-14-22(2)15-16-9-4-3-5-10-16;/h3-5,9-10,17H,6-8,11-15H2,1-2H3,(H2,19,20,21);1H. The predicted octanol–water partition coefficient (Wildman–Crippen LogP) is 3.23. The highest BCUT2D eigenvalue weighted by Gasteiger charge is 2.15. The highest BCUT2D eigenvalue weighted by molar-refractivity contribution is 14.0. The molecule has 1 fully saturated rings. The maximum absolute atomic E-state index is 4.32. The highest BCUT2D eigenvalue weighted by atomic mass is 127. The van der Waals surface area contributed by atoms with E-state index in [9.17, 15) is 0 Å². The van der Waals surface area contributed by atoms with Crippen molar-refractivity contribution in [2.75, 3.05) is 27.2 Å². The van der Waals surface area contributed by atoms with E-state index >= 15 is 0 Å². The van der Waals surface area contributed by atoms with E-state index in [2.05, 4.69) is 57.9 Å². The summed E-state index contributed by atoms with van der Waals surface area (Å²) in [5.74, 6) is 0.956. The first-order chi connectivity index (χ1) is 10.8. The molecule has 4 nitrogen and oxygen atoms in total. The number of benzene rings is 1. The number of nitrogens with zero attached hydrogens (tertiary/aromatic N) is 2. The smallest absolute Gasteiger partial charge is 0.191 e. The number of aliphatic imine (C=N–C) groups is 1. The summed E-state index contributed by atoms with van der Waals surface area (Å²) in [5.41, 5.74) is 1.37. The van der Waals surface area contributed by atoms with Crippen LogP contribution in [-0.4, -0.2) is 44.1 Å². The molecule has 23 heavy (non-hydrogen) atoms. The Morgan fingerprint density at radius 2 is 1.91 bits per heavy atom. The van der Waals surface area contributed by atoms with Gasteiger partial charge in [0.15, 0.2) is 5.96 Å². The van der Waals surface area contributed by atoms with E-state index in [1.54, 1.807) is 0 Å². The van der Waals surface area contributed by atoms with Crippen molar-refractivity contribution in [3.05, 3.63) is 35.9 Å². The topological polar surface area (TPSA) is 39.7 Å². The van der Waals surface area contributed by atoms with Crippen molar-refractivity contribution in [2.24, 2.45) is 4.99 Å². The number of halogens is 1. The van der Waals surface area contributed by atoms with E-state index in [0.29, 0.717) is 6.04 Å². The molecule has 0 radical (unpaired) electrons. The third kappa shape index (κ3) is 8.01. The summed E-state index contributed by atoms with van der Waals surface area (Å²) in [6.07, 6.45) is 6.37. The molecule has 2 rings (SSSR count). The van der Waals surface area contributed by atoms with Gasteiger partial charge in [0.1, 0.15) is 0 Å². The summed E-state index contributed by atoms with van der Waals surface area (Å²) in [6.45, 7) is 3.06. The number of guanidine groups is 1. The molecule has 1 saturated carbocycles. The van der Waals surface area contributed by atoms with E-state index in [-0.39, 0.29) is 24.0 Å². The lowest BCUT2D eigenvalue weighted by molar-refractivity contribution is 0.322. The van der Waals surface area contributed by atoms with Gasteiger partial charge in [0.25, 0.3) is 0 Å². The largest absolute Gasteiger partial charge is 0.356 e. The van der Waals surface area contributed by atoms with Crippen molar-refractivity contribution in [2.45, 2.75) is 44.7 Å². The molecule has 1 aliphatic carbocycles. The molecule has 130 valence electrons. The Labute approximate surface area is 158 Å². The molecule has 2 N–H and O–H groups in total. The van der Waals surface area contributed by atoms with Gasteiger partial charge >= 0.3 is 0 Å². The van der Waals surface area contributed by atoms with Gasteiger partial charge in [-0.3, -0.25) is 4.99 Å². The molecule has 0 bridgehead atoms. The minimum Gasteiger partial charge on any atom is -0.356 e. The van der Waals surface area contributed by atoms with Crippen LogP contribution in [0.3, 0.4) is 0 Å². The number of rotatable bonds is 7. The first-order valence-electron chi connectivity index (χ1n) is 8.47. The van der Waals surface area contributed by atoms with Crippen molar-refractivity contribution in [1.82, 2.24) is 15.5 Å². The maximum atomic E-state index is 4.32. The zero-order chi connectivity index (χ0) is 15.6. The molecule has 0 aromatic heterocycles. The van der Waals surface area contributed by atoms with Crippen LogP contribution in [0.5, 0.6) is 0 Å². The van der Waals surface area contributed by atoms with Gasteiger partial charge in [-0.15, -0.1) is 24.0 Å². The summed E-state index contributed by atoms with van der Waals surface area (Å²) in [6, 6.07) is 11.2. The van der Waals surface area contributed by atoms with E-state index in [4.69, 9.17) is 0 Å². The van der Waals surface area contributed by atoms with Gasteiger partial charge in [-0.25, -0.2) is 0 Å². The molecule has 1 aliphatic rings. The Hall–Kier alpha value is -0.820. The fourth-order valence-corrected chi connectivity index (χ4v) is 2.99. The fraction of sp³-hybridized carbons (Fsp3) is 0.611. The van der Waals surface area contributed by atoms with Gasteiger partial charge in [0.05, 0.1) is 0 Å². The van der Waals surface area contributed by atoms with Crippen molar-refractivity contribution < 1.29 is 0 Å². The van der Waals surface area contributed by atoms with Crippen LogP contribution >= 0.6 is 24.0 Å². The van der Waals surface area contributed by atoms with Crippen LogP contribution < -0.4 is 10.6 Å². The third-order valence-electron chi connectivity index (χ3n) is 4.22. The van der Waals surface area contributed by atoms with Crippen molar-refractivity contribution in [1.29, 1.82) is 0 Å². The summed E-state index contributed by atoms with van der Waals surface area (Å²) in [5, 5.41) is 6.95. The molecule has 0 amide bonds. The maximum Gasteiger partial charge on any atom is 0.191 e. The van der Waals surface area contributed by atoms with Gasteiger partial charge in [0.2, 0.25) is 0 Å². The third-order valence-corrected chi connectivity index (χ3v) is 4.22. The van der Waals surface area contributed by atoms with Gasteiger partial charge < -0.3 is 15.5 Å². The average molecular weight is 430 g/mol. The van der Waals surface area contributed by atoms with Crippen molar-refractivity contribution in [3.63, 3.8) is 0 Å². The fourth-order valence-electron chi connectivity index (χ4n) is 2.99. The van der Waals surface area contributed by atoms with E-state index in [0.717, 1.165) is 32.0 Å². The van der Waals surface area contributed by atoms with E-state index in [1.165, 1.54) is 31.2 Å². The molecule has 0 atom stereocenters. The van der Waals surface area contributed by atoms with E-state index in [1.807, 2.05) is 7.05 Å². The second-order valence-electron chi connectivity index (χ2n) is 6.20. The van der Waals surface area contributed by atoms with Crippen LogP contribution in [0, 0.1) is 0 Å².